The Labute approximate surface area is 112 Å². The molecule has 4 heteroatoms. The smallest absolute Gasteiger partial charge is 0.153 e. The topological polar surface area (TPSA) is 43.1 Å². The summed E-state index contributed by atoms with van der Waals surface area (Å²) in [6.45, 7) is 2.07. The van der Waals surface area contributed by atoms with Gasteiger partial charge < -0.3 is 5.73 Å². The predicted molar refractivity (Wildman–Crippen MR) is 72.7 cm³/mol. The van der Waals surface area contributed by atoms with Crippen molar-refractivity contribution in [2.24, 2.45) is 5.73 Å². The van der Waals surface area contributed by atoms with Gasteiger partial charge >= 0.3 is 0 Å². The van der Waals surface area contributed by atoms with E-state index in [2.05, 4.69) is 6.92 Å². The number of ketones is 1. The maximum absolute atomic E-state index is 11.9. The highest BCUT2D eigenvalue weighted by molar-refractivity contribution is 6.42. The van der Waals surface area contributed by atoms with Crippen LogP contribution in [0.2, 0.25) is 10.0 Å². The zero-order chi connectivity index (χ0) is 12.8. The van der Waals surface area contributed by atoms with Gasteiger partial charge in [-0.3, -0.25) is 4.79 Å². The summed E-state index contributed by atoms with van der Waals surface area (Å²) >= 11 is 11.9. The van der Waals surface area contributed by atoms with Crippen LogP contribution in [0.4, 0.5) is 0 Å². The van der Waals surface area contributed by atoms with Crippen molar-refractivity contribution in [1.29, 1.82) is 0 Å². The van der Waals surface area contributed by atoms with Crippen molar-refractivity contribution in [3.63, 3.8) is 0 Å². The van der Waals surface area contributed by atoms with E-state index >= 15 is 0 Å². The van der Waals surface area contributed by atoms with Crippen molar-refractivity contribution in [3.05, 3.63) is 33.8 Å². The van der Waals surface area contributed by atoms with Crippen LogP contribution in [0.1, 0.15) is 31.7 Å². The number of halogens is 2. The van der Waals surface area contributed by atoms with Gasteiger partial charge in [0.05, 0.1) is 16.1 Å². The Balaban J connectivity index is 2.64. The highest BCUT2D eigenvalue weighted by Crippen LogP contribution is 2.26. The molecule has 17 heavy (non-hydrogen) atoms. The highest BCUT2D eigenvalue weighted by Gasteiger charge is 2.15. The summed E-state index contributed by atoms with van der Waals surface area (Å²) in [4.78, 5) is 11.9. The van der Waals surface area contributed by atoms with Gasteiger partial charge in [-0.1, -0.05) is 55.1 Å². The number of benzene rings is 1. The number of carbonyl (C=O) groups excluding carboxylic acids is 1. The van der Waals surface area contributed by atoms with Gasteiger partial charge in [-0.2, -0.15) is 0 Å². The molecule has 0 radical (unpaired) electrons. The van der Waals surface area contributed by atoms with Crippen LogP contribution in [-0.2, 0) is 11.2 Å². The van der Waals surface area contributed by atoms with Crippen LogP contribution in [0.25, 0.3) is 0 Å². The lowest BCUT2D eigenvalue weighted by Crippen LogP contribution is -2.31. The van der Waals surface area contributed by atoms with Gasteiger partial charge in [-0.25, -0.2) is 0 Å². The molecule has 0 bridgehead atoms. The average molecular weight is 274 g/mol. The lowest BCUT2D eigenvalue weighted by atomic mass is 10.0. The molecule has 2 nitrogen and oxygen atoms in total. The van der Waals surface area contributed by atoms with E-state index in [-0.39, 0.29) is 12.2 Å². The van der Waals surface area contributed by atoms with E-state index in [0.717, 1.165) is 24.8 Å². The first-order valence-corrected chi connectivity index (χ1v) is 6.53. The second-order valence-corrected chi connectivity index (χ2v) is 4.89. The zero-order valence-corrected chi connectivity index (χ0v) is 11.4. The second kappa shape index (κ2) is 7.00. The maximum Gasteiger partial charge on any atom is 0.153 e. The van der Waals surface area contributed by atoms with Gasteiger partial charge in [-0.05, 0) is 18.1 Å². The van der Waals surface area contributed by atoms with Crippen molar-refractivity contribution >= 4 is 29.0 Å². The van der Waals surface area contributed by atoms with Crippen LogP contribution >= 0.6 is 23.2 Å². The van der Waals surface area contributed by atoms with Crippen LogP contribution in [0.5, 0.6) is 0 Å². The predicted octanol–water partition coefficient (Wildman–Crippen LogP) is 3.62. The van der Waals surface area contributed by atoms with E-state index < -0.39 is 6.04 Å². The summed E-state index contributed by atoms with van der Waals surface area (Å²) in [5, 5.41) is 0.921. The van der Waals surface area contributed by atoms with Gasteiger partial charge in [0.1, 0.15) is 0 Å². The fourth-order valence-electron chi connectivity index (χ4n) is 1.59. The third-order valence-electron chi connectivity index (χ3n) is 2.68. The van der Waals surface area contributed by atoms with Gasteiger partial charge in [0, 0.05) is 6.42 Å². The van der Waals surface area contributed by atoms with E-state index in [0.29, 0.717) is 10.0 Å². The number of hydrogen-bond donors (Lipinski definition) is 1. The fourth-order valence-corrected chi connectivity index (χ4v) is 1.98. The minimum absolute atomic E-state index is 0.0163. The van der Waals surface area contributed by atoms with Crippen molar-refractivity contribution in [3.8, 4) is 0 Å². The Bertz CT molecular complexity index is 393. The summed E-state index contributed by atoms with van der Waals surface area (Å²) in [7, 11) is 0. The van der Waals surface area contributed by atoms with Gasteiger partial charge in [-0.15, -0.1) is 0 Å². The molecular formula is C13H17Cl2NO. The summed E-state index contributed by atoms with van der Waals surface area (Å²) < 4.78 is 0. The number of rotatable bonds is 6. The third-order valence-corrected chi connectivity index (χ3v) is 3.54. The molecular weight excluding hydrogens is 257 g/mol. The standard InChI is InChI=1S/C13H17Cl2NO/c1-2-3-7-11(16)12(17)8-9-5-4-6-10(14)13(9)15/h4-6,11H,2-3,7-8,16H2,1H3. The molecule has 0 heterocycles. The molecule has 94 valence electrons. The molecule has 2 N–H and O–H groups in total. The van der Waals surface area contributed by atoms with Crippen LogP contribution in [0.15, 0.2) is 18.2 Å². The molecule has 0 spiro atoms. The largest absolute Gasteiger partial charge is 0.321 e. The molecule has 0 aromatic heterocycles. The molecule has 1 rings (SSSR count). The molecule has 0 saturated carbocycles. The number of nitrogens with two attached hydrogens (primary N) is 1. The Morgan fingerprint density at radius 1 is 1.41 bits per heavy atom. The minimum Gasteiger partial charge on any atom is -0.321 e. The molecule has 0 aliphatic rings. The summed E-state index contributed by atoms with van der Waals surface area (Å²) in [5.41, 5.74) is 6.56. The first kappa shape index (κ1) is 14.5. The quantitative estimate of drug-likeness (QED) is 0.860. The van der Waals surface area contributed by atoms with Crippen molar-refractivity contribution in [1.82, 2.24) is 0 Å². The number of unbranched alkanes of at least 4 members (excludes halogenated alkanes) is 1. The molecule has 0 aliphatic heterocycles. The van der Waals surface area contributed by atoms with E-state index in [9.17, 15) is 4.79 Å². The molecule has 0 aliphatic carbocycles. The fraction of sp³-hybridized carbons (Fsp3) is 0.462. The van der Waals surface area contributed by atoms with Crippen molar-refractivity contribution in [2.75, 3.05) is 0 Å². The summed E-state index contributed by atoms with van der Waals surface area (Å²) in [5.74, 6) is 0.0163. The number of carbonyl (C=O) groups is 1. The molecule has 0 fully saturated rings. The molecule has 1 aromatic carbocycles. The van der Waals surface area contributed by atoms with Crippen LogP contribution in [-0.4, -0.2) is 11.8 Å². The Morgan fingerprint density at radius 2 is 2.12 bits per heavy atom. The first-order chi connectivity index (χ1) is 8.06. The lowest BCUT2D eigenvalue weighted by molar-refractivity contribution is -0.119. The van der Waals surface area contributed by atoms with Crippen molar-refractivity contribution in [2.45, 2.75) is 38.6 Å². The van der Waals surface area contributed by atoms with Crippen LogP contribution < -0.4 is 5.73 Å². The summed E-state index contributed by atoms with van der Waals surface area (Å²) in [6.07, 6.45) is 2.99. The Morgan fingerprint density at radius 3 is 2.76 bits per heavy atom. The second-order valence-electron chi connectivity index (χ2n) is 4.10. The molecule has 1 atom stereocenters. The Hall–Kier alpha value is -0.570. The maximum atomic E-state index is 11.9. The van der Waals surface area contributed by atoms with Gasteiger partial charge in [0.2, 0.25) is 0 Å². The van der Waals surface area contributed by atoms with Crippen molar-refractivity contribution < 1.29 is 4.79 Å². The van der Waals surface area contributed by atoms with Gasteiger partial charge in [0.15, 0.2) is 5.78 Å². The Kier molecular flexibility index (Phi) is 5.96. The van der Waals surface area contributed by atoms with E-state index in [4.69, 9.17) is 28.9 Å². The number of hydrogen-bond acceptors (Lipinski definition) is 2. The zero-order valence-electron chi connectivity index (χ0n) is 9.88. The van der Waals surface area contributed by atoms with E-state index in [1.54, 1.807) is 18.2 Å². The summed E-state index contributed by atoms with van der Waals surface area (Å²) in [6, 6.07) is 4.90. The lowest BCUT2D eigenvalue weighted by Gasteiger charge is -2.11. The molecule has 0 saturated heterocycles. The molecule has 1 unspecified atom stereocenters. The average Bonchev–Trinajstić information content (AvgIpc) is 2.31. The third kappa shape index (κ3) is 4.30. The molecule has 0 amide bonds. The van der Waals surface area contributed by atoms with E-state index in [1.165, 1.54) is 0 Å². The molecule has 1 aromatic rings. The highest BCUT2D eigenvalue weighted by atomic mass is 35.5. The van der Waals surface area contributed by atoms with Gasteiger partial charge in [0.25, 0.3) is 0 Å². The van der Waals surface area contributed by atoms with Crippen LogP contribution in [0.3, 0.4) is 0 Å². The van der Waals surface area contributed by atoms with Crippen LogP contribution in [0, 0.1) is 0 Å². The first-order valence-electron chi connectivity index (χ1n) is 5.77. The normalized spacial score (nSPS) is 12.5. The SMILES string of the molecule is CCCCC(N)C(=O)Cc1cccc(Cl)c1Cl. The minimum atomic E-state index is -0.398. The number of Topliss-reactive ketones (excluding diaryl/α,β-unsaturated/α-hetero) is 1. The monoisotopic (exact) mass is 273 g/mol. The van der Waals surface area contributed by atoms with E-state index in [1.807, 2.05) is 0 Å².